The van der Waals surface area contributed by atoms with Crippen LogP contribution in [-0.2, 0) is 16.1 Å². The van der Waals surface area contributed by atoms with Gasteiger partial charge in [0.05, 0.1) is 20.8 Å². The van der Waals surface area contributed by atoms with Crippen molar-refractivity contribution in [1.82, 2.24) is 0 Å². The summed E-state index contributed by atoms with van der Waals surface area (Å²) in [5.41, 5.74) is 2.61. The number of cyclic esters (lactones) is 1. The van der Waals surface area contributed by atoms with Gasteiger partial charge in [-0.25, -0.2) is 9.79 Å². The minimum Gasteiger partial charge on any atom is -0.490 e. The molecule has 174 valence electrons. The zero-order valence-corrected chi connectivity index (χ0v) is 25.0. The minimum absolute atomic E-state index is 0.190. The fraction of sp³-hybridized carbons (Fsp3) is 0.120. The molecule has 1 aliphatic heterocycles. The number of carbonyl (C=O) groups is 1. The lowest BCUT2D eigenvalue weighted by Gasteiger charge is -2.15. The highest BCUT2D eigenvalue weighted by atomic mass is 127. The van der Waals surface area contributed by atoms with E-state index in [1.165, 1.54) is 0 Å². The van der Waals surface area contributed by atoms with Crippen LogP contribution in [0.15, 0.2) is 65.3 Å². The molecule has 3 aromatic carbocycles. The summed E-state index contributed by atoms with van der Waals surface area (Å²) in [6.07, 6.45) is 1.67. The number of aliphatic imine (C=N–C) groups is 1. The first-order valence-electron chi connectivity index (χ1n) is 10.2. The van der Waals surface area contributed by atoms with E-state index in [4.69, 9.17) is 25.8 Å². The molecule has 4 rings (SSSR count). The molecule has 0 N–H and O–H groups in total. The first-order chi connectivity index (χ1) is 16.4. The van der Waals surface area contributed by atoms with Gasteiger partial charge in [0.25, 0.3) is 0 Å². The van der Waals surface area contributed by atoms with Crippen molar-refractivity contribution in [2.24, 2.45) is 4.99 Å². The first-order valence-corrected chi connectivity index (χ1v) is 13.8. The summed E-state index contributed by atoms with van der Waals surface area (Å²) in [5, 5.41) is 0.468. The van der Waals surface area contributed by atoms with E-state index in [9.17, 15) is 4.79 Å². The highest BCUT2D eigenvalue weighted by Gasteiger charge is 2.26. The Morgan fingerprint density at radius 3 is 2.59 bits per heavy atom. The monoisotopic (exact) mass is 811 g/mol. The third-order valence-corrected chi connectivity index (χ3v) is 7.60. The highest BCUT2D eigenvalue weighted by molar-refractivity contribution is 14.1. The van der Waals surface area contributed by atoms with Crippen LogP contribution in [-0.4, -0.2) is 18.5 Å². The van der Waals surface area contributed by atoms with E-state index in [2.05, 4.69) is 72.8 Å². The molecule has 0 amide bonds. The van der Waals surface area contributed by atoms with Gasteiger partial charge in [0, 0.05) is 12.7 Å². The van der Waals surface area contributed by atoms with Crippen molar-refractivity contribution in [3.63, 3.8) is 0 Å². The number of halogens is 4. The highest BCUT2D eigenvalue weighted by Crippen LogP contribution is 2.36. The average Bonchev–Trinajstić information content (AvgIpc) is 3.16. The zero-order valence-electron chi connectivity index (χ0n) is 17.8. The molecule has 0 unspecified atom stereocenters. The Bertz CT molecular complexity index is 1320. The number of esters is 1. The SMILES string of the molecule is CCOc1cc(/C=C2\N=C(c3cc(I)ccc3Cl)OC2=O)cc(I)c1OCc1ccccc1I. The molecule has 9 heteroatoms. The molecule has 3 aromatic rings. The third kappa shape index (κ3) is 6.05. The van der Waals surface area contributed by atoms with Gasteiger partial charge in [-0.05, 0) is 123 Å². The van der Waals surface area contributed by atoms with Gasteiger partial charge < -0.3 is 14.2 Å². The molecule has 0 fully saturated rings. The topological polar surface area (TPSA) is 57.1 Å². The average molecular weight is 812 g/mol. The van der Waals surface area contributed by atoms with E-state index in [1.807, 2.05) is 55.5 Å². The molecule has 1 heterocycles. The maximum Gasteiger partial charge on any atom is 0.363 e. The van der Waals surface area contributed by atoms with Crippen LogP contribution < -0.4 is 9.47 Å². The summed E-state index contributed by atoms with van der Waals surface area (Å²) >= 11 is 13.0. The predicted octanol–water partition coefficient (Wildman–Crippen LogP) is 7.48. The van der Waals surface area contributed by atoms with E-state index in [-0.39, 0.29) is 11.6 Å². The second-order valence-corrected chi connectivity index (χ2v) is 11.1. The van der Waals surface area contributed by atoms with Gasteiger partial charge in [0.15, 0.2) is 17.2 Å². The molecule has 0 saturated heterocycles. The number of rotatable bonds is 7. The number of nitrogens with zero attached hydrogens (tertiary/aromatic N) is 1. The Morgan fingerprint density at radius 2 is 1.82 bits per heavy atom. The van der Waals surface area contributed by atoms with Crippen LogP contribution in [0.1, 0.15) is 23.6 Å². The maximum atomic E-state index is 12.5. The van der Waals surface area contributed by atoms with Crippen LogP contribution >= 0.6 is 79.4 Å². The van der Waals surface area contributed by atoms with Crippen molar-refractivity contribution in [2.75, 3.05) is 6.61 Å². The summed E-state index contributed by atoms with van der Waals surface area (Å²) in [7, 11) is 0. The van der Waals surface area contributed by atoms with Crippen molar-refractivity contribution in [1.29, 1.82) is 0 Å². The number of ether oxygens (including phenoxy) is 3. The molecule has 5 nitrogen and oxygen atoms in total. The Morgan fingerprint density at radius 1 is 1.03 bits per heavy atom. The molecule has 0 spiro atoms. The third-order valence-electron chi connectivity index (χ3n) is 4.74. The Labute approximate surface area is 243 Å². The van der Waals surface area contributed by atoms with E-state index >= 15 is 0 Å². The van der Waals surface area contributed by atoms with Crippen LogP contribution in [0.5, 0.6) is 11.5 Å². The van der Waals surface area contributed by atoms with Gasteiger partial charge in [-0.3, -0.25) is 0 Å². The summed E-state index contributed by atoms with van der Waals surface area (Å²) in [4.78, 5) is 16.9. The molecular formula is C25H17ClI3NO4. The Kier molecular flexibility index (Phi) is 8.75. The summed E-state index contributed by atoms with van der Waals surface area (Å²) in [6.45, 7) is 2.81. The molecule has 1 aliphatic rings. The van der Waals surface area contributed by atoms with E-state index < -0.39 is 5.97 Å². The lowest BCUT2D eigenvalue weighted by molar-refractivity contribution is -0.129. The van der Waals surface area contributed by atoms with Crippen molar-refractivity contribution < 1.29 is 19.0 Å². The predicted molar refractivity (Wildman–Crippen MR) is 159 cm³/mol. The van der Waals surface area contributed by atoms with Gasteiger partial charge in [-0.2, -0.15) is 0 Å². The van der Waals surface area contributed by atoms with Gasteiger partial charge in [-0.1, -0.05) is 29.8 Å². The summed E-state index contributed by atoms with van der Waals surface area (Å²) in [5.74, 6) is 0.922. The van der Waals surface area contributed by atoms with Crippen LogP contribution in [0.4, 0.5) is 0 Å². The Hall–Kier alpha value is -1.38. The summed E-state index contributed by atoms with van der Waals surface area (Å²) in [6, 6.07) is 17.3. The van der Waals surface area contributed by atoms with Crippen molar-refractivity contribution in [2.45, 2.75) is 13.5 Å². The minimum atomic E-state index is -0.531. The lowest BCUT2D eigenvalue weighted by atomic mass is 10.1. The van der Waals surface area contributed by atoms with E-state index in [0.717, 1.165) is 21.8 Å². The normalized spacial score (nSPS) is 14.2. The van der Waals surface area contributed by atoms with Crippen LogP contribution in [0, 0.1) is 10.7 Å². The number of hydrogen-bond acceptors (Lipinski definition) is 5. The Balaban J connectivity index is 1.64. The molecule has 0 radical (unpaired) electrons. The van der Waals surface area contributed by atoms with Gasteiger partial charge in [0.2, 0.25) is 5.90 Å². The molecule has 0 aliphatic carbocycles. The largest absolute Gasteiger partial charge is 0.490 e. The van der Waals surface area contributed by atoms with E-state index in [1.54, 1.807) is 12.1 Å². The second kappa shape index (κ2) is 11.6. The molecule has 0 saturated carbocycles. The van der Waals surface area contributed by atoms with Crippen LogP contribution in [0.2, 0.25) is 5.02 Å². The fourth-order valence-corrected chi connectivity index (χ4v) is 5.20. The second-order valence-electron chi connectivity index (χ2n) is 7.10. The summed E-state index contributed by atoms with van der Waals surface area (Å²) < 4.78 is 20.3. The molecular weight excluding hydrogens is 794 g/mol. The first kappa shape index (κ1) is 25.7. The lowest BCUT2D eigenvalue weighted by Crippen LogP contribution is -2.06. The quantitative estimate of drug-likeness (QED) is 0.141. The zero-order chi connectivity index (χ0) is 24.2. The van der Waals surface area contributed by atoms with Gasteiger partial charge in [0.1, 0.15) is 6.61 Å². The molecule has 0 atom stereocenters. The van der Waals surface area contributed by atoms with E-state index in [0.29, 0.717) is 35.3 Å². The van der Waals surface area contributed by atoms with Crippen LogP contribution in [0.25, 0.3) is 6.08 Å². The fourth-order valence-electron chi connectivity index (χ4n) is 3.18. The van der Waals surface area contributed by atoms with Crippen molar-refractivity contribution >= 4 is 97.3 Å². The van der Waals surface area contributed by atoms with Crippen molar-refractivity contribution in [3.8, 4) is 11.5 Å². The molecule has 0 bridgehead atoms. The molecule has 34 heavy (non-hydrogen) atoms. The number of benzene rings is 3. The van der Waals surface area contributed by atoms with Gasteiger partial charge in [-0.15, -0.1) is 0 Å². The number of hydrogen-bond donors (Lipinski definition) is 0. The van der Waals surface area contributed by atoms with Gasteiger partial charge >= 0.3 is 5.97 Å². The maximum absolute atomic E-state index is 12.5. The number of carbonyl (C=O) groups excluding carboxylic acids is 1. The van der Waals surface area contributed by atoms with Crippen molar-refractivity contribution in [3.05, 3.63) is 92.7 Å². The molecule has 0 aromatic heterocycles. The smallest absolute Gasteiger partial charge is 0.363 e. The van der Waals surface area contributed by atoms with Crippen LogP contribution in [0.3, 0.4) is 0 Å². The standard InChI is InChI=1S/C25H17ClI3NO4/c1-2-32-22-11-14(9-20(29)23(22)33-13-15-5-3-4-6-19(15)28)10-21-25(31)34-24(30-21)17-12-16(27)7-8-18(17)26/h3-12H,2,13H2,1H3/b21-10-.